The van der Waals surface area contributed by atoms with Crippen LogP contribution < -0.4 is 4.74 Å². The molecule has 5 atom stereocenters. The number of thioether (sulfide) groups is 1. The van der Waals surface area contributed by atoms with E-state index in [1.165, 1.54) is 17.7 Å². The van der Waals surface area contributed by atoms with Crippen molar-refractivity contribution in [2.24, 2.45) is 0 Å². The number of rotatable bonds is 5. The predicted molar refractivity (Wildman–Crippen MR) is 108 cm³/mol. The highest BCUT2D eigenvalue weighted by atomic mass is 32.2. The molecule has 1 fully saturated rings. The summed E-state index contributed by atoms with van der Waals surface area (Å²) in [6.07, 6.45) is -3.95. The van der Waals surface area contributed by atoms with Crippen LogP contribution in [-0.2, 0) is 6.42 Å². The van der Waals surface area contributed by atoms with Gasteiger partial charge in [0.2, 0.25) is 11.8 Å². The summed E-state index contributed by atoms with van der Waals surface area (Å²) in [6, 6.07) is 4.68. The Balaban J connectivity index is 1.94. The number of aromatic nitrogens is 2. The monoisotopic (exact) mass is 440 g/mol. The van der Waals surface area contributed by atoms with E-state index in [1.54, 1.807) is 26.0 Å². The molecule has 8 nitrogen and oxygen atoms in total. The highest BCUT2D eigenvalue weighted by molar-refractivity contribution is 8.00. The largest absolute Gasteiger partial charge is 0.459 e. The average Bonchev–Trinajstić information content (AvgIpc) is 3.01. The molecule has 4 N–H and O–H groups in total. The molecule has 3 rings (SSSR count). The number of benzene rings is 1. The molecule has 1 aromatic heterocycles. The van der Waals surface area contributed by atoms with Gasteiger partial charge in [-0.05, 0) is 31.0 Å². The van der Waals surface area contributed by atoms with Crippen LogP contribution in [0.1, 0.15) is 34.1 Å². The second-order valence-corrected chi connectivity index (χ2v) is 8.72. The standard InChI is InChI=1S/C20H25FN2O6S/c1-9-6-12(4-5-14(9)21)7-13-10(2)23(11(3)25)22-19(13)29-20-18(28)17(27)16(26)15(8-24)30-20/h4-6,15-18,20,24,26-28H,7-8H2,1-3H3/t15-,16-,17+,18-,20-/m1/s1. The Hall–Kier alpha value is -1.98. The highest BCUT2D eigenvalue weighted by Crippen LogP contribution is 2.36. The fourth-order valence-corrected chi connectivity index (χ4v) is 4.63. The minimum atomic E-state index is -1.51. The van der Waals surface area contributed by atoms with Crippen LogP contribution >= 0.6 is 11.8 Å². The molecule has 164 valence electrons. The molecule has 1 aliphatic rings. The first-order chi connectivity index (χ1) is 14.1. The van der Waals surface area contributed by atoms with Gasteiger partial charge in [-0.2, -0.15) is 0 Å². The van der Waals surface area contributed by atoms with Gasteiger partial charge in [-0.3, -0.25) is 4.79 Å². The minimum Gasteiger partial charge on any atom is -0.459 e. The lowest BCUT2D eigenvalue weighted by molar-refractivity contribution is -0.0915. The zero-order valence-electron chi connectivity index (χ0n) is 16.8. The SMILES string of the molecule is CC(=O)n1nc(O[C@@H]2S[C@H](CO)[C@@H](O)[C@H](O)[C@H]2O)c(Cc2ccc(F)c(C)c2)c1C. The summed E-state index contributed by atoms with van der Waals surface area (Å²) in [5.41, 5.74) is 1.35. The van der Waals surface area contributed by atoms with Crippen LogP contribution in [0.3, 0.4) is 0 Å². The number of aliphatic hydroxyl groups excluding tert-OH is 4. The number of nitrogens with zero attached hydrogens (tertiary/aromatic N) is 2. The van der Waals surface area contributed by atoms with Crippen molar-refractivity contribution in [1.29, 1.82) is 0 Å². The fraction of sp³-hybridized carbons (Fsp3) is 0.500. The molecule has 0 unspecified atom stereocenters. The normalized spacial score (nSPS) is 26.6. The maximum atomic E-state index is 13.6. The molecule has 0 bridgehead atoms. The molecule has 1 saturated heterocycles. The number of halogens is 1. The fourth-order valence-electron chi connectivity index (χ4n) is 3.41. The minimum absolute atomic E-state index is 0.0847. The van der Waals surface area contributed by atoms with Crippen LogP contribution in [0.5, 0.6) is 5.88 Å². The van der Waals surface area contributed by atoms with Gasteiger partial charge in [-0.25, -0.2) is 9.07 Å². The Labute approximate surface area is 177 Å². The number of hydrogen-bond donors (Lipinski definition) is 4. The van der Waals surface area contributed by atoms with Gasteiger partial charge in [0.1, 0.15) is 18.0 Å². The maximum Gasteiger partial charge on any atom is 0.244 e. The summed E-state index contributed by atoms with van der Waals surface area (Å²) in [6.45, 7) is 4.28. The Morgan fingerprint density at radius 2 is 1.93 bits per heavy atom. The van der Waals surface area contributed by atoms with Crippen molar-refractivity contribution >= 4 is 17.7 Å². The number of carbonyl (C=O) groups excluding carboxylic acids is 1. The van der Waals surface area contributed by atoms with Gasteiger partial charge in [-0.1, -0.05) is 12.1 Å². The van der Waals surface area contributed by atoms with E-state index in [2.05, 4.69) is 5.10 Å². The summed E-state index contributed by atoms with van der Waals surface area (Å²) >= 11 is 0.973. The van der Waals surface area contributed by atoms with Crippen LogP contribution in [0.2, 0.25) is 0 Å². The van der Waals surface area contributed by atoms with Crippen molar-refractivity contribution in [2.45, 2.75) is 56.2 Å². The molecule has 2 aromatic rings. The van der Waals surface area contributed by atoms with E-state index in [-0.39, 0.29) is 17.6 Å². The number of aliphatic hydroxyl groups is 4. The Bertz CT molecular complexity index is 934. The number of aryl methyl sites for hydroxylation is 1. The maximum absolute atomic E-state index is 13.6. The molecule has 0 amide bonds. The highest BCUT2D eigenvalue weighted by Gasteiger charge is 2.45. The second-order valence-electron chi connectivity index (χ2n) is 7.38. The van der Waals surface area contributed by atoms with E-state index >= 15 is 0 Å². The Kier molecular flexibility index (Phi) is 6.83. The van der Waals surface area contributed by atoms with Crippen LogP contribution in [0.4, 0.5) is 4.39 Å². The zero-order valence-corrected chi connectivity index (χ0v) is 17.6. The molecule has 0 aliphatic carbocycles. The van der Waals surface area contributed by atoms with E-state index in [4.69, 9.17) is 4.74 Å². The molecule has 0 saturated carbocycles. The first-order valence-electron chi connectivity index (χ1n) is 9.45. The average molecular weight is 440 g/mol. The lowest BCUT2D eigenvalue weighted by atomic mass is 10.0. The molecule has 10 heteroatoms. The van der Waals surface area contributed by atoms with E-state index < -0.39 is 35.6 Å². The third kappa shape index (κ3) is 4.37. The van der Waals surface area contributed by atoms with Crippen molar-refractivity contribution in [3.63, 3.8) is 0 Å². The van der Waals surface area contributed by atoms with Gasteiger partial charge >= 0.3 is 0 Å². The predicted octanol–water partition coefficient (Wildman–Crippen LogP) is 0.785. The lowest BCUT2D eigenvalue weighted by Gasteiger charge is -2.38. The summed E-state index contributed by atoms with van der Waals surface area (Å²) in [4.78, 5) is 12.0. The van der Waals surface area contributed by atoms with Gasteiger partial charge in [-0.15, -0.1) is 16.9 Å². The third-order valence-electron chi connectivity index (χ3n) is 5.18. The van der Waals surface area contributed by atoms with Crippen LogP contribution in [0.15, 0.2) is 18.2 Å². The molecular formula is C20H25FN2O6S. The van der Waals surface area contributed by atoms with Crippen molar-refractivity contribution < 1.29 is 34.3 Å². The molecule has 0 spiro atoms. The summed E-state index contributed by atoms with van der Waals surface area (Å²) in [5.74, 6) is -0.573. The number of ether oxygens (including phenoxy) is 1. The Morgan fingerprint density at radius 1 is 1.23 bits per heavy atom. The molecule has 0 radical (unpaired) electrons. The van der Waals surface area contributed by atoms with Gasteiger partial charge in [0.25, 0.3) is 0 Å². The first-order valence-corrected chi connectivity index (χ1v) is 10.4. The Morgan fingerprint density at radius 3 is 2.53 bits per heavy atom. The molecule has 1 aliphatic heterocycles. The van der Waals surface area contributed by atoms with Gasteiger partial charge in [0.05, 0.1) is 23.7 Å². The van der Waals surface area contributed by atoms with E-state index in [9.17, 15) is 29.6 Å². The molecule has 2 heterocycles. The van der Waals surface area contributed by atoms with Crippen LogP contribution in [-0.4, -0.2) is 71.7 Å². The number of hydrogen-bond acceptors (Lipinski definition) is 8. The topological polar surface area (TPSA) is 125 Å². The van der Waals surface area contributed by atoms with Crippen molar-refractivity contribution in [3.05, 3.63) is 46.4 Å². The summed E-state index contributed by atoms with van der Waals surface area (Å²) in [7, 11) is 0. The van der Waals surface area contributed by atoms with E-state index in [0.29, 0.717) is 23.2 Å². The third-order valence-corrected chi connectivity index (χ3v) is 6.60. The van der Waals surface area contributed by atoms with Gasteiger partial charge in [0, 0.05) is 18.9 Å². The number of carbonyl (C=O) groups is 1. The van der Waals surface area contributed by atoms with Crippen molar-refractivity contribution in [3.8, 4) is 5.88 Å². The van der Waals surface area contributed by atoms with Crippen LogP contribution in [0.25, 0.3) is 0 Å². The first kappa shape index (κ1) is 22.7. The molecule has 1 aromatic carbocycles. The lowest BCUT2D eigenvalue weighted by Crippen LogP contribution is -2.55. The smallest absolute Gasteiger partial charge is 0.244 e. The van der Waals surface area contributed by atoms with Crippen molar-refractivity contribution in [1.82, 2.24) is 9.78 Å². The molecular weight excluding hydrogens is 415 g/mol. The second kappa shape index (κ2) is 9.03. The van der Waals surface area contributed by atoms with Crippen molar-refractivity contribution in [2.75, 3.05) is 6.61 Å². The molecule has 30 heavy (non-hydrogen) atoms. The quantitative estimate of drug-likeness (QED) is 0.538. The van der Waals surface area contributed by atoms with Crippen LogP contribution in [0, 0.1) is 19.7 Å². The summed E-state index contributed by atoms with van der Waals surface area (Å²) < 4.78 is 20.7. The van der Waals surface area contributed by atoms with E-state index in [0.717, 1.165) is 17.3 Å². The summed E-state index contributed by atoms with van der Waals surface area (Å²) in [5, 5.41) is 43.3. The van der Waals surface area contributed by atoms with Gasteiger partial charge < -0.3 is 25.2 Å². The van der Waals surface area contributed by atoms with E-state index in [1.807, 2.05) is 0 Å². The zero-order chi connectivity index (χ0) is 22.2. The van der Waals surface area contributed by atoms with Gasteiger partial charge in [0.15, 0.2) is 5.44 Å².